The van der Waals surface area contributed by atoms with Gasteiger partial charge < -0.3 is 14.6 Å². The number of primary sulfonamides is 1. The molecule has 0 spiro atoms. The second-order valence-electron chi connectivity index (χ2n) is 5.07. The Kier molecular flexibility index (Phi) is 4.06. The molecule has 0 saturated carbocycles. The Morgan fingerprint density at radius 2 is 2.05 bits per heavy atom. The molecule has 0 aromatic carbocycles. The number of carbonyl (C=O) groups is 2. The molecule has 0 bridgehead atoms. The van der Waals surface area contributed by atoms with Crippen LogP contribution in [0.2, 0.25) is 0 Å². The third-order valence-corrected chi connectivity index (χ3v) is 4.46. The molecular weight excluding hydrogens is 298 g/mol. The summed E-state index contributed by atoms with van der Waals surface area (Å²) in [6.45, 7) is 0.339. The van der Waals surface area contributed by atoms with E-state index in [0.717, 1.165) is 12.8 Å². The van der Waals surface area contributed by atoms with E-state index in [1.165, 1.54) is 28.8 Å². The molecule has 1 aliphatic rings. The predicted molar refractivity (Wildman–Crippen MR) is 73.1 cm³/mol. The third kappa shape index (κ3) is 3.08. The number of aryl methyl sites for hydroxylation is 1. The lowest BCUT2D eigenvalue weighted by Gasteiger charge is -2.32. The monoisotopic (exact) mass is 315 g/mol. The molecule has 1 amide bonds. The van der Waals surface area contributed by atoms with Crippen LogP contribution >= 0.6 is 0 Å². The Morgan fingerprint density at radius 1 is 1.38 bits per heavy atom. The highest BCUT2D eigenvalue weighted by Gasteiger charge is 2.33. The fraction of sp³-hybridized carbons (Fsp3) is 0.500. The van der Waals surface area contributed by atoms with Crippen molar-refractivity contribution in [3.63, 3.8) is 0 Å². The Hall–Kier alpha value is -1.87. The summed E-state index contributed by atoms with van der Waals surface area (Å²) < 4.78 is 24.0. The van der Waals surface area contributed by atoms with E-state index >= 15 is 0 Å². The maximum Gasteiger partial charge on any atom is 0.326 e. The quantitative estimate of drug-likeness (QED) is 0.796. The van der Waals surface area contributed by atoms with Gasteiger partial charge >= 0.3 is 5.97 Å². The van der Waals surface area contributed by atoms with Crippen LogP contribution in [0.15, 0.2) is 17.2 Å². The van der Waals surface area contributed by atoms with Crippen LogP contribution in [0.4, 0.5) is 0 Å². The van der Waals surface area contributed by atoms with Crippen LogP contribution in [0.5, 0.6) is 0 Å². The van der Waals surface area contributed by atoms with Crippen molar-refractivity contribution in [2.75, 3.05) is 6.54 Å². The molecule has 1 unspecified atom stereocenters. The smallest absolute Gasteiger partial charge is 0.326 e. The summed E-state index contributed by atoms with van der Waals surface area (Å²) >= 11 is 0. The van der Waals surface area contributed by atoms with Gasteiger partial charge in [0.15, 0.2) is 0 Å². The largest absolute Gasteiger partial charge is 0.480 e. The highest BCUT2D eigenvalue weighted by molar-refractivity contribution is 7.89. The number of nitrogens with two attached hydrogens (primary N) is 1. The lowest BCUT2D eigenvalue weighted by molar-refractivity contribution is -0.143. The van der Waals surface area contributed by atoms with Gasteiger partial charge in [0, 0.05) is 19.8 Å². The number of carboxylic acids is 1. The maximum absolute atomic E-state index is 12.5. The van der Waals surface area contributed by atoms with E-state index in [4.69, 9.17) is 5.14 Å². The molecule has 1 aromatic rings. The first kappa shape index (κ1) is 15.5. The van der Waals surface area contributed by atoms with E-state index in [9.17, 15) is 23.1 Å². The molecule has 21 heavy (non-hydrogen) atoms. The zero-order valence-corrected chi connectivity index (χ0v) is 12.3. The molecule has 1 saturated heterocycles. The van der Waals surface area contributed by atoms with Crippen LogP contribution in [0.25, 0.3) is 0 Å². The Bertz CT molecular complexity index is 679. The number of piperidine rings is 1. The van der Waals surface area contributed by atoms with Gasteiger partial charge in [-0.05, 0) is 25.3 Å². The molecule has 8 nitrogen and oxygen atoms in total. The molecule has 3 N–H and O–H groups in total. The molecular formula is C12H17N3O5S. The van der Waals surface area contributed by atoms with Crippen molar-refractivity contribution in [3.05, 3.63) is 18.0 Å². The average molecular weight is 315 g/mol. The van der Waals surface area contributed by atoms with Crippen LogP contribution < -0.4 is 5.14 Å². The van der Waals surface area contributed by atoms with E-state index in [-0.39, 0.29) is 10.6 Å². The molecule has 1 aliphatic heterocycles. The highest BCUT2D eigenvalue weighted by atomic mass is 32.2. The van der Waals surface area contributed by atoms with Gasteiger partial charge in [-0.15, -0.1) is 0 Å². The Balaban J connectivity index is 2.35. The first-order valence-electron chi connectivity index (χ1n) is 6.45. The summed E-state index contributed by atoms with van der Waals surface area (Å²) in [5, 5.41) is 14.2. The summed E-state index contributed by atoms with van der Waals surface area (Å²) in [6.07, 6.45) is 3.11. The van der Waals surface area contributed by atoms with E-state index in [2.05, 4.69) is 0 Å². The van der Waals surface area contributed by atoms with Crippen LogP contribution in [0.1, 0.15) is 29.8 Å². The van der Waals surface area contributed by atoms with E-state index in [1.807, 2.05) is 0 Å². The normalized spacial score (nSPS) is 19.5. The van der Waals surface area contributed by atoms with Crippen molar-refractivity contribution < 1.29 is 23.1 Å². The number of rotatable bonds is 3. The molecule has 0 aliphatic carbocycles. The number of aliphatic carboxylic acids is 1. The van der Waals surface area contributed by atoms with Gasteiger partial charge in [0.05, 0.1) is 0 Å². The number of likely N-dealkylation sites (tertiary alicyclic amines) is 1. The van der Waals surface area contributed by atoms with Crippen molar-refractivity contribution in [3.8, 4) is 0 Å². The topological polar surface area (TPSA) is 123 Å². The zero-order chi connectivity index (χ0) is 15.8. The van der Waals surface area contributed by atoms with Crippen molar-refractivity contribution >= 4 is 21.9 Å². The first-order chi connectivity index (χ1) is 9.71. The Morgan fingerprint density at radius 3 is 2.57 bits per heavy atom. The molecule has 2 rings (SSSR count). The fourth-order valence-corrected chi connectivity index (χ4v) is 3.06. The van der Waals surface area contributed by atoms with Crippen LogP contribution in [0, 0.1) is 0 Å². The van der Waals surface area contributed by atoms with Gasteiger partial charge in [-0.3, -0.25) is 4.79 Å². The van der Waals surface area contributed by atoms with Gasteiger partial charge in [-0.25, -0.2) is 18.4 Å². The average Bonchev–Trinajstić information content (AvgIpc) is 2.80. The fourth-order valence-electron chi connectivity index (χ4n) is 2.48. The van der Waals surface area contributed by atoms with Crippen LogP contribution in [0.3, 0.4) is 0 Å². The summed E-state index contributed by atoms with van der Waals surface area (Å²) in [4.78, 5) is 24.8. The predicted octanol–water partition coefficient (Wildman–Crippen LogP) is -0.248. The number of hydrogen-bond acceptors (Lipinski definition) is 4. The van der Waals surface area contributed by atoms with E-state index in [0.29, 0.717) is 13.0 Å². The summed E-state index contributed by atoms with van der Waals surface area (Å²) in [7, 11) is -2.39. The zero-order valence-electron chi connectivity index (χ0n) is 11.5. The van der Waals surface area contributed by atoms with Crippen LogP contribution in [-0.2, 0) is 21.9 Å². The van der Waals surface area contributed by atoms with Gasteiger partial charge in [0.1, 0.15) is 16.6 Å². The minimum atomic E-state index is -3.91. The lowest BCUT2D eigenvalue weighted by atomic mass is 10.0. The highest BCUT2D eigenvalue weighted by Crippen LogP contribution is 2.21. The van der Waals surface area contributed by atoms with Gasteiger partial charge in [0.25, 0.3) is 5.91 Å². The van der Waals surface area contributed by atoms with E-state index in [1.54, 1.807) is 0 Å². The van der Waals surface area contributed by atoms with Crippen molar-refractivity contribution in [1.82, 2.24) is 9.47 Å². The number of hydrogen-bond donors (Lipinski definition) is 2. The summed E-state index contributed by atoms with van der Waals surface area (Å²) in [5.41, 5.74) is 0.104. The van der Waals surface area contributed by atoms with Crippen molar-refractivity contribution in [2.24, 2.45) is 12.2 Å². The first-order valence-corrected chi connectivity index (χ1v) is 7.99. The number of carbonyl (C=O) groups excluding carboxylic acids is 1. The van der Waals surface area contributed by atoms with Gasteiger partial charge in [-0.1, -0.05) is 0 Å². The standard InChI is InChI=1S/C12H17N3O5S/c1-14-7-8(21(13,19)20)6-10(14)11(16)15-5-3-2-4-9(15)12(17)18/h6-7,9H,2-5H2,1H3,(H,17,18)(H2,13,19,20). The van der Waals surface area contributed by atoms with Crippen molar-refractivity contribution in [1.29, 1.82) is 0 Å². The second-order valence-corrected chi connectivity index (χ2v) is 6.63. The lowest BCUT2D eigenvalue weighted by Crippen LogP contribution is -2.48. The molecule has 1 fully saturated rings. The molecule has 1 aromatic heterocycles. The molecule has 116 valence electrons. The molecule has 9 heteroatoms. The number of sulfonamides is 1. The summed E-state index contributed by atoms with van der Waals surface area (Å²) in [5.74, 6) is -1.55. The minimum Gasteiger partial charge on any atom is -0.480 e. The second kappa shape index (κ2) is 5.49. The minimum absolute atomic E-state index is 0.104. The third-order valence-electron chi connectivity index (χ3n) is 3.58. The van der Waals surface area contributed by atoms with Crippen LogP contribution in [-0.4, -0.2) is 47.5 Å². The van der Waals surface area contributed by atoms with Gasteiger partial charge in [0.2, 0.25) is 10.0 Å². The number of nitrogens with zero attached hydrogens (tertiary/aromatic N) is 2. The molecule has 0 radical (unpaired) electrons. The number of aromatic nitrogens is 1. The molecule has 1 atom stereocenters. The summed E-state index contributed by atoms with van der Waals surface area (Å²) in [6, 6.07) is 0.296. The SMILES string of the molecule is Cn1cc(S(N)(=O)=O)cc1C(=O)N1CCCCC1C(=O)O. The van der Waals surface area contributed by atoms with E-state index < -0.39 is 27.9 Å². The number of carboxylic acid groups (broad SMARTS) is 1. The maximum atomic E-state index is 12.5. The Labute approximate surface area is 122 Å². The van der Waals surface area contributed by atoms with Gasteiger partial charge in [-0.2, -0.15) is 0 Å². The van der Waals surface area contributed by atoms with Crippen molar-refractivity contribution in [2.45, 2.75) is 30.2 Å². The molecule has 2 heterocycles. The number of amides is 1.